The van der Waals surface area contributed by atoms with Gasteiger partial charge in [-0.3, -0.25) is 4.99 Å². The maximum Gasteiger partial charge on any atom is 0.101 e. The smallest absolute Gasteiger partial charge is 0.101 e. The predicted octanol–water partition coefficient (Wildman–Crippen LogP) is 4.06. The summed E-state index contributed by atoms with van der Waals surface area (Å²) in [4.78, 5) is 6.90. The molecule has 0 unspecified atom stereocenters. The van der Waals surface area contributed by atoms with Crippen LogP contribution in [-0.2, 0) is 0 Å². The highest BCUT2D eigenvalue weighted by molar-refractivity contribution is 5.60. The molecule has 2 aromatic carbocycles. The van der Waals surface area contributed by atoms with E-state index in [1.807, 2.05) is 6.34 Å². The van der Waals surface area contributed by atoms with Crippen molar-refractivity contribution in [2.45, 2.75) is 25.9 Å². The fraction of sp³-hybridized carbons (Fsp3) is 0.278. The van der Waals surface area contributed by atoms with Crippen LogP contribution >= 0.6 is 0 Å². The Bertz CT molecular complexity index is 611. The van der Waals surface area contributed by atoms with E-state index in [9.17, 15) is 0 Å². The van der Waals surface area contributed by atoms with Gasteiger partial charge in [0.15, 0.2) is 0 Å². The molecule has 0 N–H and O–H groups in total. The van der Waals surface area contributed by atoms with Crippen LogP contribution < -0.4 is 0 Å². The van der Waals surface area contributed by atoms with Gasteiger partial charge in [-0.1, -0.05) is 59.7 Å². The van der Waals surface area contributed by atoms with E-state index in [0.29, 0.717) is 6.04 Å². The van der Waals surface area contributed by atoms with Crippen LogP contribution in [0.3, 0.4) is 0 Å². The van der Waals surface area contributed by atoms with E-state index in [0.717, 1.165) is 0 Å². The average molecular weight is 264 g/mol. The van der Waals surface area contributed by atoms with Crippen LogP contribution in [0.25, 0.3) is 0 Å². The summed E-state index contributed by atoms with van der Waals surface area (Å²) < 4.78 is 0. The van der Waals surface area contributed by atoms with Gasteiger partial charge in [-0.15, -0.1) is 0 Å². The van der Waals surface area contributed by atoms with Crippen molar-refractivity contribution < 1.29 is 0 Å². The standard InChI is InChI=1S/C18H20N2/c1-13-4-8-15(9-5-13)17-18(20(3)12-19-17)16-10-6-14(2)7-11-16/h4-12,17-18H,1-3H3/t17-,18+/m1/s1. The van der Waals surface area contributed by atoms with Crippen molar-refractivity contribution >= 4 is 6.34 Å². The van der Waals surface area contributed by atoms with E-state index in [4.69, 9.17) is 4.99 Å². The lowest BCUT2D eigenvalue weighted by Crippen LogP contribution is -2.21. The summed E-state index contributed by atoms with van der Waals surface area (Å²) in [5.41, 5.74) is 5.18. The van der Waals surface area contributed by atoms with E-state index in [1.165, 1.54) is 22.3 Å². The Balaban J connectivity index is 1.95. The quantitative estimate of drug-likeness (QED) is 0.798. The number of aryl methyl sites for hydroxylation is 2. The lowest BCUT2D eigenvalue weighted by atomic mass is 9.93. The van der Waals surface area contributed by atoms with Crippen LogP contribution in [0.4, 0.5) is 0 Å². The van der Waals surface area contributed by atoms with Gasteiger partial charge in [0, 0.05) is 7.05 Å². The molecule has 0 amide bonds. The number of benzene rings is 2. The van der Waals surface area contributed by atoms with Crippen molar-refractivity contribution in [3.05, 3.63) is 70.8 Å². The Kier molecular flexibility index (Phi) is 3.31. The molecule has 0 aromatic heterocycles. The van der Waals surface area contributed by atoms with Crippen LogP contribution in [0.15, 0.2) is 53.5 Å². The lowest BCUT2D eigenvalue weighted by Gasteiger charge is -2.25. The highest BCUT2D eigenvalue weighted by Gasteiger charge is 2.30. The summed E-state index contributed by atoms with van der Waals surface area (Å²) >= 11 is 0. The maximum absolute atomic E-state index is 4.70. The first-order valence-electron chi connectivity index (χ1n) is 7.03. The molecule has 0 saturated heterocycles. The zero-order chi connectivity index (χ0) is 14.1. The summed E-state index contributed by atoms with van der Waals surface area (Å²) in [6, 6.07) is 18.0. The molecule has 1 heterocycles. The normalized spacial score (nSPS) is 21.4. The van der Waals surface area contributed by atoms with E-state index in [-0.39, 0.29) is 6.04 Å². The molecule has 2 aromatic rings. The van der Waals surface area contributed by atoms with E-state index < -0.39 is 0 Å². The molecule has 1 aliphatic heterocycles. The highest BCUT2D eigenvalue weighted by atomic mass is 15.2. The second kappa shape index (κ2) is 5.12. The summed E-state index contributed by atoms with van der Waals surface area (Å²) in [6.45, 7) is 4.24. The molecule has 1 aliphatic rings. The van der Waals surface area contributed by atoms with Gasteiger partial charge in [0.1, 0.15) is 6.04 Å². The molecule has 0 saturated carbocycles. The third kappa shape index (κ3) is 2.34. The molecule has 2 nitrogen and oxygen atoms in total. The molecule has 0 radical (unpaired) electrons. The third-order valence-electron chi connectivity index (χ3n) is 3.98. The van der Waals surface area contributed by atoms with Gasteiger partial charge < -0.3 is 4.90 Å². The summed E-state index contributed by atoms with van der Waals surface area (Å²) in [6.07, 6.45) is 1.95. The zero-order valence-corrected chi connectivity index (χ0v) is 12.2. The maximum atomic E-state index is 4.70. The van der Waals surface area contributed by atoms with Crippen molar-refractivity contribution in [2.75, 3.05) is 7.05 Å². The molecule has 2 atom stereocenters. The second-order valence-electron chi connectivity index (χ2n) is 5.64. The number of hydrogen-bond donors (Lipinski definition) is 0. The van der Waals surface area contributed by atoms with Crippen molar-refractivity contribution in [3.63, 3.8) is 0 Å². The Hall–Kier alpha value is -2.09. The monoisotopic (exact) mass is 264 g/mol. The molecule has 20 heavy (non-hydrogen) atoms. The Labute approximate surface area is 120 Å². The van der Waals surface area contributed by atoms with Crippen molar-refractivity contribution in [1.82, 2.24) is 4.90 Å². The van der Waals surface area contributed by atoms with Gasteiger partial charge in [-0.2, -0.15) is 0 Å². The van der Waals surface area contributed by atoms with Crippen molar-refractivity contribution in [3.8, 4) is 0 Å². The highest BCUT2D eigenvalue weighted by Crippen LogP contribution is 2.39. The summed E-state index contributed by atoms with van der Waals surface area (Å²) in [5, 5.41) is 0. The van der Waals surface area contributed by atoms with Gasteiger partial charge in [0.05, 0.1) is 12.4 Å². The molecule has 102 valence electrons. The molecular formula is C18H20N2. The minimum absolute atomic E-state index is 0.184. The number of hydrogen-bond acceptors (Lipinski definition) is 2. The number of rotatable bonds is 2. The van der Waals surface area contributed by atoms with Crippen LogP contribution in [0.1, 0.15) is 34.3 Å². The SMILES string of the molecule is Cc1ccc([C@H]2N=CN(C)[C@H]2c2ccc(C)cc2)cc1. The largest absolute Gasteiger partial charge is 0.356 e. The molecule has 0 aliphatic carbocycles. The first-order valence-corrected chi connectivity index (χ1v) is 7.03. The summed E-state index contributed by atoms with van der Waals surface area (Å²) in [7, 11) is 2.10. The number of nitrogens with zero attached hydrogens (tertiary/aromatic N) is 2. The van der Waals surface area contributed by atoms with Gasteiger partial charge in [-0.05, 0) is 25.0 Å². The zero-order valence-electron chi connectivity index (χ0n) is 12.2. The first-order chi connectivity index (χ1) is 9.65. The minimum atomic E-state index is 0.184. The second-order valence-corrected chi connectivity index (χ2v) is 5.64. The molecule has 0 fully saturated rings. The molecule has 3 rings (SSSR count). The molecule has 2 heteroatoms. The topological polar surface area (TPSA) is 15.6 Å². The van der Waals surface area contributed by atoms with Gasteiger partial charge >= 0.3 is 0 Å². The van der Waals surface area contributed by atoms with Crippen LogP contribution in [0.2, 0.25) is 0 Å². The van der Waals surface area contributed by atoms with E-state index >= 15 is 0 Å². The number of likely N-dealkylation sites (N-methyl/N-ethyl adjacent to an activating group) is 1. The summed E-state index contributed by atoms with van der Waals surface area (Å²) in [5.74, 6) is 0. The fourth-order valence-corrected chi connectivity index (χ4v) is 2.77. The van der Waals surface area contributed by atoms with Gasteiger partial charge in [-0.25, -0.2) is 0 Å². The average Bonchev–Trinajstić information content (AvgIpc) is 2.83. The lowest BCUT2D eigenvalue weighted by molar-refractivity contribution is 0.369. The van der Waals surface area contributed by atoms with E-state index in [1.54, 1.807) is 0 Å². The van der Waals surface area contributed by atoms with Crippen molar-refractivity contribution in [1.29, 1.82) is 0 Å². The Morgan fingerprint density at radius 3 is 1.85 bits per heavy atom. The van der Waals surface area contributed by atoms with Crippen LogP contribution in [0, 0.1) is 13.8 Å². The molecular weight excluding hydrogens is 244 g/mol. The third-order valence-corrected chi connectivity index (χ3v) is 3.98. The van der Waals surface area contributed by atoms with Crippen LogP contribution in [-0.4, -0.2) is 18.3 Å². The van der Waals surface area contributed by atoms with Crippen LogP contribution in [0.5, 0.6) is 0 Å². The molecule has 0 spiro atoms. The number of aliphatic imine (C=N–C) groups is 1. The van der Waals surface area contributed by atoms with Gasteiger partial charge in [0.25, 0.3) is 0 Å². The predicted molar refractivity (Wildman–Crippen MR) is 84.1 cm³/mol. The fourth-order valence-electron chi connectivity index (χ4n) is 2.77. The Morgan fingerprint density at radius 2 is 1.30 bits per heavy atom. The van der Waals surface area contributed by atoms with Crippen molar-refractivity contribution in [2.24, 2.45) is 4.99 Å². The minimum Gasteiger partial charge on any atom is -0.356 e. The first kappa shape index (κ1) is 12.9. The molecule has 0 bridgehead atoms. The van der Waals surface area contributed by atoms with Gasteiger partial charge in [0.2, 0.25) is 0 Å². The Morgan fingerprint density at radius 1 is 0.800 bits per heavy atom. The van der Waals surface area contributed by atoms with E-state index in [2.05, 4.69) is 74.3 Å².